The monoisotopic (exact) mass is 340 g/mol. The molecule has 4 rings (SSSR count). The highest BCUT2D eigenvalue weighted by atomic mass is 15.3. The number of imidazole rings is 1. The SMILES string of the molecule is Cc1cc(Nc2nc(N[C@@H](C)C3CC3)c3nc[nH]c3n2)nn1C(C)C. The maximum Gasteiger partial charge on any atom is 0.232 e. The Bertz CT molecular complexity index is 889. The van der Waals surface area contributed by atoms with Gasteiger partial charge in [0.2, 0.25) is 5.95 Å². The van der Waals surface area contributed by atoms with E-state index in [0.717, 1.165) is 28.8 Å². The second-order valence-electron chi connectivity index (χ2n) is 7.10. The van der Waals surface area contributed by atoms with Gasteiger partial charge in [0, 0.05) is 23.8 Å². The number of rotatable bonds is 6. The molecule has 132 valence electrons. The van der Waals surface area contributed by atoms with Crippen LogP contribution in [0.3, 0.4) is 0 Å². The first-order valence-corrected chi connectivity index (χ1v) is 8.82. The molecular formula is C17H24N8. The van der Waals surface area contributed by atoms with Gasteiger partial charge >= 0.3 is 0 Å². The Hall–Kier alpha value is -2.64. The van der Waals surface area contributed by atoms with Gasteiger partial charge in [-0.3, -0.25) is 4.68 Å². The van der Waals surface area contributed by atoms with E-state index in [1.807, 2.05) is 17.7 Å². The number of aromatic nitrogens is 6. The highest BCUT2D eigenvalue weighted by Crippen LogP contribution is 2.34. The van der Waals surface area contributed by atoms with Crippen LogP contribution in [0.5, 0.6) is 0 Å². The summed E-state index contributed by atoms with van der Waals surface area (Å²) in [5.74, 6) is 2.74. The Morgan fingerprint density at radius 2 is 2.04 bits per heavy atom. The molecule has 0 aliphatic heterocycles. The van der Waals surface area contributed by atoms with Crippen LogP contribution in [-0.2, 0) is 0 Å². The number of anilines is 3. The fourth-order valence-corrected chi connectivity index (χ4v) is 3.11. The lowest BCUT2D eigenvalue weighted by atomic mass is 10.2. The molecule has 0 spiro atoms. The van der Waals surface area contributed by atoms with E-state index in [1.165, 1.54) is 12.8 Å². The second-order valence-corrected chi connectivity index (χ2v) is 7.10. The average Bonchev–Trinajstić information content (AvgIpc) is 3.19. The molecule has 8 nitrogen and oxygen atoms in total. The smallest absolute Gasteiger partial charge is 0.232 e. The highest BCUT2D eigenvalue weighted by Gasteiger charge is 2.28. The molecule has 8 heteroatoms. The number of H-pyrrole nitrogens is 1. The Morgan fingerprint density at radius 3 is 2.72 bits per heavy atom. The van der Waals surface area contributed by atoms with Crippen LogP contribution in [0, 0.1) is 12.8 Å². The van der Waals surface area contributed by atoms with Crippen molar-refractivity contribution in [2.75, 3.05) is 10.6 Å². The van der Waals surface area contributed by atoms with Crippen molar-refractivity contribution in [2.45, 2.75) is 52.6 Å². The summed E-state index contributed by atoms with van der Waals surface area (Å²) < 4.78 is 1.98. The molecular weight excluding hydrogens is 316 g/mol. The van der Waals surface area contributed by atoms with Crippen molar-refractivity contribution in [1.82, 2.24) is 29.7 Å². The summed E-state index contributed by atoms with van der Waals surface area (Å²) in [4.78, 5) is 16.6. The lowest BCUT2D eigenvalue weighted by Gasteiger charge is -2.14. The number of hydrogen-bond donors (Lipinski definition) is 3. The number of nitrogens with one attached hydrogen (secondary N) is 3. The van der Waals surface area contributed by atoms with Gasteiger partial charge in [-0.25, -0.2) is 4.98 Å². The van der Waals surface area contributed by atoms with Gasteiger partial charge in [-0.15, -0.1) is 0 Å². The predicted octanol–water partition coefficient (Wildman–Crippen LogP) is 3.39. The Kier molecular flexibility index (Phi) is 3.82. The second kappa shape index (κ2) is 6.02. The van der Waals surface area contributed by atoms with Gasteiger partial charge in [0.05, 0.1) is 6.33 Å². The predicted molar refractivity (Wildman–Crippen MR) is 98.1 cm³/mol. The molecule has 0 unspecified atom stereocenters. The van der Waals surface area contributed by atoms with E-state index in [-0.39, 0.29) is 0 Å². The van der Waals surface area contributed by atoms with E-state index in [1.54, 1.807) is 6.33 Å². The molecule has 0 saturated heterocycles. The van der Waals surface area contributed by atoms with Crippen LogP contribution in [0.25, 0.3) is 11.2 Å². The zero-order valence-corrected chi connectivity index (χ0v) is 15.0. The molecule has 1 aliphatic carbocycles. The number of fused-ring (bicyclic) bond motifs is 1. The van der Waals surface area contributed by atoms with Gasteiger partial charge in [-0.1, -0.05) is 0 Å². The van der Waals surface area contributed by atoms with Crippen molar-refractivity contribution in [3.05, 3.63) is 18.1 Å². The van der Waals surface area contributed by atoms with Crippen LogP contribution in [0.1, 0.15) is 45.3 Å². The molecule has 1 fully saturated rings. The lowest BCUT2D eigenvalue weighted by molar-refractivity contribution is 0.521. The van der Waals surface area contributed by atoms with E-state index in [4.69, 9.17) is 0 Å². The third kappa shape index (κ3) is 3.16. The Balaban J connectivity index is 1.64. The van der Waals surface area contributed by atoms with E-state index < -0.39 is 0 Å². The summed E-state index contributed by atoms with van der Waals surface area (Å²) in [5, 5.41) is 11.3. The molecule has 25 heavy (non-hydrogen) atoms. The van der Waals surface area contributed by atoms with E-state index in [2.05, 4.69) is 56.4 Å². The summed E-state index contributed by atoms with van der Waals surface area (Å²) in [7, 11) is 0. The highest BCUT2D eigenvalue weighted by molar-refractivity contribution is 5.84. The third-order valence-electron chi connectivity index (χ3n) is 4.62. The molecule has 0 radical (unpaired) electrons. The van der Waals surface area contributed by atoms with Gasteiger partial charge in [-0.2, -0.15) is 15.1 Å². The summed E-state index contributed by atoms with van der Waals surface area (Å²) in [6.45, 7) is 8.46. The fourth-order valence-electron chi connectivity index (χ4n) is 3.11. The van der Waals surface area contributed by atoms with Gasteiger partial charge in [0.15, 0.2) is 17.3 Å². The number of hydrogen-bond acceptors (Lipinski definition) is 6. The lowest BCUT2D eigenvalue weighted by Crippen LogP contribution is -2.19. The minimum atomic E-state index is 0.308. The van der Waals surface area contributed by atoms with Crippen LogP contribution in [0.4, 0.5) is 17.6 Å². The summed E-state index contributed by atoms with van der Waals surface area (Å²) in [6.07, 6.45) is 4.20. The van der Waals surface area contributed by atoms with Crippen molar-refractivity contribution in [1.29, 1.82) is 0 Å². The van der Waals surface area contributed by atoms with Gasteiger partial charge in [0.1, 0.15) is 5.52 Å². The van der Waals surface area contributed by atoms with Crippen LogP contribution in [0.15, 0.2) is 12.4 Å². The zero-order valence-electron chi connectivity index (χ0n) is 15.0. The molecule has 1 saturated carbocycles. The molecule has 1 aliphatic rings. The molecule has 0 bridgehead atoms. The molecule has 1 atom stereocenters. The number of aryl methyl sites for hydroxylation is 1. The third-order valence-corrected chi connectivity index (χ3v) is 4.62. The number of nitrogens with zero attached hydrogens (tertiary/aromatic N) is 5. The van der Waals surface area contributed by atoms with Crippen LogP contribution < -0.4 is 10.6 Å². The quantitative estimate of drug-likeness (QED) is 0.636. The topological polar surface area (TPSA) is 96.3 Å². The number of aromatic amines is 1. The van der Waals surface area contributed by atoms with Crippen molar-refractivity contribution < 1.29 is 0 Å². The van der Waals surface area contributed by atoms with Crippen molar-refractivity contribution in [3.8, 4) is 0 Å². The summed E-state index contributed by atoms with van der Waals surface area (Å²) in [5.41, 5.74) is 2.57. The van der Waals surface area contributed by atoms with Gasteiger partial charge in [-0.05, 0) is 46.5 Å². The molecule has 0 amide bonds. The molecule has 3 aromatic heterocycles. The van der Waals surface area contributed by atoms with Gasteiger partial charge in [0.25, 0.3) is 0 Å². The Morgan fingerprint density at radius 1 is 1.24 bits per heavy atom. The first-order valence-electron chi connectivity index (χ1n) is 8.82. The first kappa shape index (κ1) is 15.9. The van der Waals surface area contributed by atoms with Crippen molar-refractivity contribution in [2.24, 2.45) is 5.92 Å². The van der Waals surface area contributed by atoms with Crippen LogP contribution >= 0.6 is 0 Å². The molecule has 3 aromatic rings. The minimum absolute atomic E-state index is 0.308. The molecule has 3 heterocycles. The largest absolute Gasteiger partial charge is 0.365 e. The molecule has 0 aromatic carbocycles. The van der Waals surface area contributed by atoms with Crippen LogP contribution in [0.2, 0.25) is 0 Å². The summed E-state index contributed by atoms with van der Waals surface area (Å²) in [6, 6.07) is 2.69. The maximum absolute atomic E-state index is 4.64. The Labute approximate surface area is 146 Å². The van der Waals surface area contributed by atoms with Crippen molar-refractivity contribution >= 4 is 28.7 Å². The zero-order chi connectivity index (χ0) is 17.6. The maximum atomic E-state index is 4.64. The van der Waals surface area contributed by atoms with E-state index in [0.29, 0.717) is 23.7 Å². The standard InChI is InChI=1S/C17H24N8/c1-9(2)25-10(3)7-13(24-25)21-17-22-15-14(18-8-19-15)16(23-17)20-11(4)12-5-6-12/h7-9,11-12H,5-6H2,1-4H3,(H3,18,19,20,21,22,23,24)/t11-/m0/s1. The van der Waals surface area contributed by atoms with Crippen LogP contribution in [-0.4, -0.2) is 35.8 Å². The first-order chi connectivity index (χ1) is 12.0. The fraction of sp³-hybridized carbons (Fsp3) is 0.529. The van der Waals surface area contributed by atoms with E-state index in [9.17, 15) is 0 Å². The molecule has 3 N–H and O–H groups in total. The minimum Gasteiger partial charge on any atom is -0.365 e. The van der Waals surface area contributed by atoms with Gasteiger partial charge < -0.3 is 15.6 Å². The van der Waals surface area contributed by atoms with E-state index >= 15 is 0 Å². The average molecular weight is 340 g/mol. The normalized spacial score (nSPS) is 15.7. The van der Waals surface area contributed by atoms with Crippen molar-refractivity contribution in [3.63, 3.8) is 0 Å². The summed E-state index contributed by atoms with van der Waals surface area (Å²) >= 11 is 0.